The number of rotatable bonds is 7. The molecule has 8 heteroatoms. The number of nitrogens with zero attached hydrogens (tertiary/aromatic N) is 1. The lowest BCUT2D eigenvalue weighted by molar-refractivity contribution is -0.137. The quantitative estimate of drug-likeness (QED) is 0.641. The normalized spacial score (nSPS) is 29.0. The first-order valence-electron chi connectivity index (χ1n) is 10.7. The Labute approximate surface area is 182 Å². The van der Waals surface area contributed by atoms with Crippen molar-refractivity contribution in [2.75, 3.05) is 13.3 Å². The van der Waals surface area contributed by atoms with Crippen LogP contribution in [0.4, 0.5) is 0 Å². The third kappa shape index (κ3) is 4.82. The predicted molar refractivity (Wildman–Crippen MR) is 116 cm³/mol. The van der Waals surface area contributed by atoms with Crippen LogP contribution in [0, 0.1) is 5.92 Å². The monoisotopic (exact) mass is 431 g/mol. The summed E-state index contributed by atoms with van der Waals surface area (Å²) in [4.78, 5) is 27.0. The summed E-state index contributed by atoms with van der Waals surface area (Å²) in [5.74, 6) is -0.264. The molecule has 0 aromatic heterocycles. The minimum absolute atomic E-state index is 0.0115. The van der Waals surface area contributed by atoms with E-state index in [-0.39, 0.29) is 55.0 Å². The summed E-state index contributed by atoms with van der Waals surface area (Å²) in [5, 5.41) is 6.72. The average molecular weight is 432 g/mol. The van der Waals surface area contributed by atoms with Crippen molar-refractivity contribution in [1.82, 2.24) is 15.5 Å². The van der Waals surface area contributed by atoms with E-state index < -0.39 is 0 Å². The van der Waals surface area contributed by atoms with Gasteiger partial charge in [0.2, 0.25) is 11.8 Å². The number of fused-ring (bicyclic) bond motifs is 2. The van der Waals surface area contributed by atoms with Crippen molar-refractivity contribution < 1.29 is 19.1 Å². The molecule has 1 saturated carbocycles. The Hall–Kier alpha value is -2.03. The SMILES string of the molecule is CC(CCc1ccccc1)NC(=O)CCN1C(=O)C2CC3OCOC3CC2NC1=S. The Bertz CT molecular complexity index is 790. The first-order chi connectivity index (χ1) is 14.5. The lowest BCUT2D eigenvalue weighted by atomic mass is 9.79. The average Bonchev–Trinajstić information content (AvgIpc) is 3.19. The number of benzene rings is 1. The van der Waals surface area contributed by atoms with Gasteiger partial charge in [-0.15, -0.1) is 0 Å². The van der Waals surface area contributed by atoms with E-state index in [2.05, 4.69) is 22.8 Å². The van der Waals surface area contributed by atoms with Crippen molar-refractivity contribution in [3.05, 3.63) is 35.9 Å². The van der Waals surface area contributed by atoms with Gasteiger partial charge in [0.25, 0.3) is 0 Å². The van der Waals surface area contributed by atoms with E-state index in [9.17, 15) is 9.59 Å². The van der Waals surface area contributed by atoms with E-state index in [0.29, 0.717) is 24.7 Å². The van der Waals surface area contributed by atoms with Gasteiger partial charge in [-0.3, -0.25) is 14.5 Å². The Balaban J connectivity index is 1.24. The molecule has 0 spiro atoms. The molecule has 0 bridgehead atoms. The molecule has 2 amide bonds. The number of carbonyl (C=O) groups is 2. The molecular weight excluding hydrogens is 402 g/mol. The van der Waals surface area contributed by atoms with E-state index in [1.54, 1.807) is 4.90 Å². The first-order valence-corrected chi connectivity index (χ1v) is 11.1. The highest BCUT2D eigenvalue weighted by molar-refractivity contribution is 7.80. The zero-order chi connectivity index (χ0) is 21.1. The van der Waals surface area contributed by atoms with Gasteiger partial charge in [0.15, 0.2) is 5.11 Å². The lowest BCUT2D eigenvalue weighted by Crippen LogP contribution is -2.63. The van der Waals surface area contributed by atoms with Crippen LogP contribution < -0.4 is 10.6 Å². The fourth-order valence-electron chi connectivity index (χ4n) is 4.54. The third-order valence-corrected chi connectivity index (χ3v) is 6.59. The molecule has 162 valence electrons. The van der Waals surface area contributed by atoms with E-state index in [1.807, 2.05) is 25.1 Å². The molecule has 3 fully saturated rings. The summed E-state index contributed by atoms with van der Waals surface area (Å²) < 4.78 is 11.2. The van der Waals surface area contributed by atoms with Crippen LogP contribution in [-0.2, 0) is 25.5 Å². The highest BCUT2D eigenvalue weighted by Crippen LogP contribution is 2.35. The van der Waals surface area contributed by atoms with Crippen molar-refractivity contribution >= 4 is 29.1 Å². The van der Waals surface area contributed by atoms with Crippen LogP contribution in [0.25, 0.3) is 0 Å². The van der Waals surface area contributed by atoms with Gasteiger partial charge in [-0.25, -0.2) is 0 Å². The van der Waals surface area contributed by atoms with Gasteiger partial charge in [-0.2, -0.15) is 0 Å². The van der Waals surface area contributed by atoms with Crippen molar-refractivity contribution in [2.24, 2.45) is 5.92 Å². The molecule has 2 aliphatic heterocycles. The fourth-order valence-corrected chi connectivity index (χ4v) is 4.87. The lowest BCUT2D eigenvalue weighted by Gasteiger charge is -2.44. The zero-order valence-corrected chi connectivity index (χ0v) is 18.0. The van der Waals surface area contributed by atoms with Gasteiger partial charge in [0.05, 0.1) is 18.1 Å². The molecule has 30 heavy (non-hydrogen) atoms. The van der Waals surface area contributed by atoms with Crippen LogP contribution in [0.3, 0.4) is 0 Å². The minimum atomic E-state index is -0.187. The number of amides is 2. The fraction of sp³-hybridized carbons (Fsp3) is 0.591. The molecule has 3 aliphatic rings. The molecular formula is C22H29N3O4S. The van der Waals surface area contributed by atoms with Crippen molar-refractivity contribution in [2.45, 2.75) is 63.3 Å². The van der Waals surface area contributed by atoms with Crippen LogP contribution in [0.2, 0.25) is 0 Å². The summed E-state index contributed by atoms with van der Waals surface area (Å²) in [6.07, 6.45) is 3.36. The second-order valence-corrected chi connectivity index (χ2v) is 8.78. The number of carbonyl (C=O) groups excluding carboxylic acids is 2. The predicted octanol–water partition coefficient (Wildman–Crippen LogP) is 1.75. The molecule has 1 aliphatic carbocycles. The summed E-state index contributed by atoms with van der Waals surface area (Å²) in [6, 6.07) is 10.3. The third-order valence-electron chi connectivity index (χ3n) is 6.25. The smallest absolute Gasteiger partial charge is 0.234 e. The largest absolute Gasteiger partial charge is 0.359 e. The Morgan fingerprint density at radius 1 is 1.27 bits per heavy atom. The molecule has 2 N–H and O–H groups in total. The number of hydrogen-bond acceptors (Lipinski definition) is 5. The minimum Gasteiger partial charge on any atom is -0.359 e. The van der Waals surface area contributed by atoms with Gasteiger partial charge < -0.3 is 20.1 Å². The van der Waals surface area contributed by atoms with E-state index >= 15 is 0 Å². The molecule has 5 unspecified atom stereocenters. The topological polar surface area (TPSA) is 79.9 Å². The Kier molecular flexibility index (Phi) is 6.65. The summed E-state index contributed by atoms with van der Waals surface area (Å²) >= 11 is 5.42. The molecule has 4 rings (SSSR count). The van der Waals surface area contributed by atoms with Crippen LogP contribution in [0.15, 0.2) is 30.3 Å². The van der Waals surface area contributed by atoms with E-state index in [4.69, 9.17) is 21.7 Å². The second kappa shape index (κ2) is 9.41. The molecule has 2 saturated heterocycles. The first kappa shape index (κ1) is 21.2. The second-order valence-electron chi connectivity index (χ2n) is 8.39. The molecule has 1 aromatic rings. The standard InChI is InChI=1S/C22H29N3O4S/c1-14(7-8-15-5-3-2-4-6-15)23-20(26)9-10-25-21(27)16-11-18-19(29-13-28-18)12-17(16)24-22(25)30/h2-6,14,16-19H,7-13H2,1H3,(H,23,26)(H,24,30). The Morgan fingerprint density at radius 3 is 2.77 bits per heavy atom. The maximum Gasteiger partial charge on any atom is 0.234 e. The number of hydrogen-bond donors (Lipinski definition) is 2. The van der Waals surface area contributed by atoms with Gasteiger partial charge in [-0.1, -0.05) is 30.3 Å². The molecule has 2 heterocycles. The highest BCUT2D eigenvalue weighted by atomic mass is 32.1. The van der Waals surface area contributed by atoms with Gasteiger partial charge in [0.1, 0.15) is 6.79 Å². The van der Waals surface area contributed by atoms with Crippen LogP contribution >= 0.6 is 12.2 Å². The maximum absolute atomic E-state index is 13.0. The van der Waals surface area contributed by atoms with Crippen LogP contribution in [0.5, 0.6) is 0 Å². The van der Waals surface area contributed by atoms with Gasteiger partial charge in [-0.05, 0) is 50.4 Å². The Morgan fingerprint density at radius 2 is 2.00 bits per heavy atom. The van der Waals surface area contributed by atoms with Gasteiger partial charge in [0, 0.05) is 25.0 Å². The summed E-state index contributed by atoms with van der Waals surface area (Å²) in [7, 11) is 0. The number of aryl methyl sites for hydroxylation is 1. The van der Waals surface area contributed by atoms with E-state index in [1.165, 1.54) is 5.56 Å². The maximum atomic E-state index is 13.0. The van der Waals surface area contributed by atoms with Crippen molar-refractivity contribution in [3.8, 4) is 0 Å². The number of nitrogens with one attached hydrogen (secondary N) is 2. The van der Waals surface area contributed by atoms with Crippen molar-refractivity contribution in [3.63, 3.8) is 0 Å². The highest BCUT2D eigenvalue weighted by Gasteiger charge is 2.48. The summed E-state index contributed by atoms with van der Waals surface area (Å²) in [6.45, 7) is 2.59. The molecule has 7 nitrogen and oxygen atoms in total. The molecule has 5 atom stereocenters. The number of ether oxygens (including phenoxy) is 2. The van der Waals surface area contributed by atoms with Crippen LogP contribution in [0.1, 0.15) is 38.2 Å². The number of thiocarbonyl (C=S) groups is 1. The van der Waals surface area contributed by atoms with Crippen molar-refractivity contribution in [1.29, 1.82) is 0 Å². The zero-order valence-electron chi connectivity index (χ0n) is 17.2. The molecule has 0 radical (unpaired) electrons. The molecule has 1 aromatic carbocycles. The summed E-state index contributed by atoms with van der Waals surface area (Å²) in [5.41, 5.74) is 1.26. The van der Waals surface area contributed by atoms with E-state index in [0.717, 1.165) is 12.8 Å². The van der Waals surface area contributed by atoms with Gasteiger partial charge >= 0.3 is 0 Å². The van der Waals surface area contributed by atoms with Crippen LogP contribution in [-0.4, -0.2) is 59.5 Å².